The van der Waals surface area contributed by atoms with Gasteiger partial charge in [0.15, 0.2) is 13.5 Å². The summed E-state index contributed by atoms with van der Waals surface area (Å²) in [6, 6.07) is 9.58. The Kier molecular flexibility index (Phi) is 4.65. The van der Waals surface area contributed by atoms with Crippen molar-refractivity contribution in [2.24, 2.45) is 0 Å². The van der Waals surface area contributed by atoms with Gasteiger partial charge in [0.25, 0.3) is 0 Å². The first-order valence-corrected chi connectivity index (χ1v) is 9.09. The van der Waals surface area contributed by atoms with E-state index < -0.39 is 16.1 Å². The van der Waals surface area contributed by atoms with Gasteiger partial charge in [0.05, 0.1) is 7.11 Å². The molecule has 3 rings (SSSR count). The second-order valence-corrected chi connectivity index (χ2v) is 7.16. The van der Waals surface area contributed by atoms with Crippen molar-refractivity contribution in [3.63, 3.8) is 0 Å². The quantitative estimate of drug-likeness (QED) is 0.380. The maximum atomic E-state index is 12.7. The van der Waals surface area contributed by atoms with Crippen molar-refractivity contribution in [3.05, 3.63) is 53.9 Å². The number of ether oxygens (including phenoxy) is 1. The lowest BCUT2D eigenvalue weighted by Crippen LogP contribution is -2.21. The molecule has 0 saturated carbocycles. The summed E-state index contributed by atoms with van der Waals surface area (Å²) in [6.45, 7) is 1.84. The Morgan fingerprint density at radius 3 is 2.50 bits per heavy atom. The van der Waals surface area contributed by atoms with Gasteiger partial charge in [0.1, 0.15) is 10.4 Å². The zero-order chi connectivity index (χ0) is 18.9. The normalized spacial score (nSPS) is 11.3. The van der Waals surface area contributed by atoms with Crippen molar-refractivity contribution in [1.82, 2.24) is 9.97 Å². The number of carbonyl (C=O) groups is 1. The number of pyridine rings is 2. The van der Waals surface area contributed by atoms with Crippen molar-refractivity contribution < 1.29 is 22.1 Å². The molecule has 1 aromatic carbocycles. The highest BCUT2D eigenvalue weighted by atomic mass is 32.2. The third kappa shape index (κ3) is 3.25. The Morgan fingerprint density at radius 2 is 1.85 bits per heavy atom. The Bertz CT molecular complexity index is 1100. The van der Waals surface area contributed by atoms with Crippen molar-refractivity contribution in [1.29, 1.82) is 0 Å². The molecule has 0 spiro atoms. The Hall–Kier alpha value is -2.94. The summed E-state index contributed by atoms with van der Waals surface area (Å²) in [7, 11) is -1.32. The van der Waals surface area contributed by atoms with Crippen LogP contribution in [0.1, 0.15) is 16.1 Å². The van der Waals surface area contributed by atoms with E-state index in [4.69, 9.17) is 8.92 Å². The second kappa shape index (κ2) is 6.76. The maximum Gasteiger partial charge on any atom is 0.360 e. The summed E-state index contributed by atoms with van der Waals surface area (Å²) >= 11 is 0. The Labute approximate surface area is 151 Å². The largest absolute Gasteiger partial charge is 0.464 e. The topological polar surface area (TPSA) is 95.5 Å². The van der Waals surface area contributed by atoms with Crippen molar-refractivity contribution >= 4 is 40.4 Å². The van der Waals surface area contributed by atoms with Gasteiger partial charge in [-0.05, 0) is 25.1 Å². The highest BCUT2D eigenvalue weighted by Crippen LogP contribution is 2.29. The highest BCUT2D eigenvalue weighted by Gasteiger charge is 2.26. The molecule has 0 N–H and O–H groups in total. The molecular weight excluding hydrogens is 355 g/mol. The summed E-state index contributed by atoms with van der Waals surface area (Å²) in [5.74, 6) is -1.06. The summed E-state index contributed by atoms with van der Waals surface area (Å²) < 4.78 is 35.4. The smallest absolute Gasteiger partial charge is 0.360 e. The first kappa shape index (κ1) is 17.9. The van der Waals surface area contributed by atoms with E-state index in [1.807, 2.05) is 6.92 Å². The van der Waals surface area contributed by atoms with Crippen LogP contribution in [0.4, 0.5) is 0 Å². The van der Waals surface area contributed by atoms with E-state index in [2.05, 4.69) is 9.97 Å². The minimum atomic E-state index is -4.19. The summed E-state index contributed by atoms with van der Waals surface area (Å²) in [5, 5.41) is 0.578. The number of benzene rings is 1. The molecule has 0 amide bonds. The van der Waals surface area contributed by atoms with Gasteiger partial charge in [0, 0.05) is 17.2 Å². The number of aromatic nitrogens is 2. The molecule has 26 heavy (non-hydrogen) atoms. The van der Waals surface area contributed by atoms with Crippen LogP contribution in [-0.4, -0.2) is 39.3 Å². The maximum absolute atomic E-state index is 12.7. The molecule has 0 aliphatic carbocycles. The Morgan fingerprint density at radius 1 is 1.15 bits per heavy atom. The number of hydrogen-bond donors (Lipinski definition) is 0. The lowest BCUT2D eigenvalue weighted by atomic mass is 9.97. The van der Waals surface area contributed by atoms with Gasteiger partial charge in [-0.3, -0.25) is 9.97 Å². The van der Waals surface area contributed by atoms with Gasteiger partial charge >= 0.3 is 16.1 Å². The fourth-order valence-electron chi connectivity index (χ4n) is 2.45. The number of nitrogens with zero attached hydrogens (tertiary/aromatic N) is 2. The van der Waals surface area contributed by atoms with E-state index >= 15 is 0 Å². The molecule has 7 nitrogen and oxygen atoms in total. The number of fused-ring (bicyclic) bond motifs is 1. The standard InChI is InChI=1S/C17H15BN2O5S/c1-10-5-7-11(8-6-10)26(22,23)25-15-13-12(4-3-9-19-13)16(18)20-14(15)17(21)24-2/h3-9H,18H2,1-2H3. The van der Waals surface area contributed by atoms with Gasteiger partial charge in [-0.15, -0.1) is 0 Å². The van der Waals surface area contributed by atoms with Gasteiger partial charge in [-0.25, -0.2) is 4.79 Å². The Balaban J connectivity index is 2.21. The number of carbonyl (C=O) groups excluding carboxylic acids is 1. The van der Waals surface area contributed by atoms with Crippen LogP contribution < -0.4 is 9.78 Å². The van der Waals surface area contributed by atoms with E-state index in [0.717, 1.165) is 5.56 Å². The predicted octanol–water partition coefficient (Wildman–Crippen LogP) is 0.751. The monoisotopic (exact) mass is 370 g/mol. The third-order valence-corrected chi connectivity index (χ3v) is 5.02. The molecule has 2 heterocycles. The number of rotatable bonds is 4. The van der Waals surface area contributed by atoms with Gasteiger partial charge in [0.2, 0.25) is 5.75 Å². The lowest BCUT2D eigenvalue weighted by molar-refractivity contribution is 0.0592. The van der Waals surface area contributed by atoms with Crippen LogP contribution in [-0.2, 0) is 14.9 Å². The number of esters is 1. The average Bonchev–Trinajstić information content (AvgIpc) is 2.63. The minimum absolute atomic E-state index is 0.0384. The summed E-state index contributed by atoms with van der Waals surface area (Å²) in [6.07, 6.45) is 1.48. The minimum Gasteiger partial charge on any atom is -0.464 e. The van der Waals surface area contributed by atoms with E-state index in [-0.39, 0.29) is 21.9 Å². The molecule has 0 radical (unpaired) electrons. The molecule has 3 aromatic rings. The van der Waals surface area contributed by atoms with Crippen molar-refractivity contribution in [2.75, 3.05) is 7.11 Å². The van der Waals surface area contributed by atoms with Crippen molar-refractivity contribution in [2.45, 2.75) is 11.8 Å². The molecule has 0 saturated heterocycles. The average molecular weight is 370 g/mol. The molecule has 0 bridgehead atoms. The second-order valence-electron chi connectivity index (χ2n) is 5.62. The number of hydrogen-bond acceptors (Lipinski definition) is 7. The van der Waals surface area contributed by atoms with Crippen LogP contribution in [0.5, 0.6) is 5.75 Å². The predicted molar refractivity (Wildman–Crippen MR) is 98.0 cm³/mol. The molecule has 0 fully saturated rings. The van der Waals surface area contributed by atoms with Gasteiger partial charge < -0.3 is 8.92 Å². The molecule has 9 heteroatoms. The fraction of sp³-hybridized carbons (Fsp3) is 0.118. The van der Waals surface area contributed by atoms with Gasteiger partial charge in [-0.2, -0.15) is 8.42 Å². The van der Waals surface area contributed by atoms with E-state index in [9.17, 15) is 13.2 Å². The van der Waals surface area contributed by atoms with E-state index in [0.29, 0.717) is 11.0 Å². The van der Waals surface area contributed by atoms with Crippen LogP contribution in [0, 0.1) is 6.92 Å². The third-order valence-electron chi connectivity index (χ3n) is 3.79. The first-order chi connectivity index (χ1) is 12.3. The van der Waals surface area contributed by atoms with E-state index in [1.54, 1.807) is 32.1 Å². The summed E-state index contributed by atoms with van der Waals surface area (Å²) in [5.41, 5.74) is 1.39. The SMILES string of the molecule is Bc1nc(C(=O)OC)c(OS(=O)(=O)c2ccc(C)cc2)c2ncccc12. The molecule has 132 valence electrons. The molecular formula is C17H15BN2O5S. The molecule has 0 aliphatic rings. The van der Waals surface area contributed by atoms with Crippen LogP contribution in [0.2, 0.25) is 0 Å². The van der Waals surface area contributed by atoms with E-state index in [1.165, 1.54) is 25.4 Å². The summed E-state index contributed by atoms with van der Waals surface area (Å²) in [4.78, 5) is 20.4. The molecule has 0 aliphatic heterocycles. The first-order valence-electron chi connectivity index (χ1n) is 7.68. The zero-order valence-corrected chi connectivity index (χ0v) is 15.2. The molecule has 2 aromatic heterocycles. The van der Waals surface area contributed by atoms with Crippen LogP contribution in [0.15, 0.2) is 47.5 Å². The van der Waals surface area contributed by atoms with Crippen molar-refractivity contribution in [3.8, 4) is 5.75 Å². The highest BCUT2D eigenvalue weighted by molar-refractivity contribution is 7.87. The van der Waals surface area contributed by atoms with Crippen LogP contribution in [0.25, 0.3) is 10.9 Å². The zero-order valence-electron chi connectivity index (χ0n) is 14.4. The number of aryl methyl sites for hydroxylation is 1. The van der Waals surface area contributed by atoms with Crippen LogP contribution in [0.3, 0.4) is 0 Å². The number of methoxy groups -OCH3 is 1. The van der Waals surface area contributed by atoms with Crippen LogP contribution >= 0.6 is 0 Å². The molecule has 0 unspecified atom stereocenters. The lowest BCUT2D eigenvalue weighted by Gasteiger charge is -2.13. The molecule has 0 atom stereocenters. The van der Waals surface area contributed by atoms with Gasteiger partial charge in [-0.1, -0.05) is 23.8 Å². The fourth-order valence-corrected chi connectivity index (χ4v) is 3.39.